The summed E-state index contributed by atoms with van der Waals surface area (Å²) >= 11 is 13.2. The highest BCUT2D eigenvalue weighted by molar-refractivity contribution is 7.80. The number of nitrogens with zero attached hydrogens (tertiary/aromatic N) is 3. The summed E-state index contributed by atoms with van der Waals surface area (Å²) in [5.41, 5.74) is 2.09. The summed E-state index contributed by atoms with van der Waals surface area (Å²) in [6.07, 6.45) is 0. The molecule has 1 N–H and O–H groups in total. The largest absolute Gasteiger partial charge is 0.465 e. The second kappa shape index (κ2) is 12.0. The molecule has 3 rings (SSSR count). The molecule has 34 heavy (non-hydrogen) atoms. The first-order valence-electron chi connectivity index (χ1n) is 11.3. The second-order valence-electron chi connectivity index (χ2n) is 8.01. The molecule has 0 bridgehead atoms. The minimum Gasteiger partial charge on any atom is -0.465 e. The van der Waals surface area contributed by atoms with Crippen LogP contribution in [0.25, 0.3) is 0 Å². The van der Waals surface area contributed by atoms with Gasteiger partial charge in [-0.15, -0.1) is 11.3 Å². The van der Waals surface area contributed by atoms with Gasteiger partial charge in [0.1, 0.15) is 5.00 Å². The molecule has 1 aromatic heterocycles. The van der Waals surface area contributed by atoms with E-state index < -0.39 is 5.97 Å². The SMILES string of the molecule is CCN(CC)C(=O)c1sc(NC(=S)N2CCN(Cc3ccccc3Cl)CC2)c(C(=O)OC)c1C. The summed E-state index contributed by atoms with van der Waals surface area (Å²) in [5, 5.41) is 5.08. The number of piperazine rings is 1. The molecule has 1 fully saturated rings. The number of thiophene rings is 1. The number of benzene rings is 1. The monoisotopic (exact) mass is 522 g/mol. The molecule has 7 nitrogen and oxygen atoms in total. The van der Waals surface area contributed by atoms with Gasteiger partial charge in [-0.05, 0) is 50.2 Å². The zero-order chi connectivity index (χ0) is 24.8. The smallest absolute Gasteiger partial charge is 0.341 e. The molecular formula is C24H31ClN4O3S2. The molecule has 0 aliphatic carbocycles. The number of amides is 1. The molecule has 10 heteroatoms. The number of esters is 1. The summed E-state index contributed by atoms with van der Waals surface area (Å²) in [7, 11) is 1.34. The van der Waals surface area contributed by atoms with Crippen molar-refractivity contribution in [1.29, 1.82) is 0 Å². The number of ether oxygens (including phenoxy) is 1. The molecule has 2 heterocycles. The fourth-order valence-corrected chi connectivity index (χ4v) is 5.67. The number of methoxy groups -OCH3 is 1. The van der Waals surface area contributed by atoms with Gasteiger partial charge >= 0.3 is 5.97 Å². The second-order valence-corrected chi connectivity index (χ2v) is 9.83. The molecule has 0 radical (unpaired) electrons. The summed E-state index contributed by atoms with van der Waals surface area (Å²) in [5.74, 6) is -0.577. The van der Waals surface area contributed by atoms with Gasteiger partial charge in [0.05, 0.1) is 17.6 Å². The molecule has 2 aromatic rings. The Morgan fingerprint density at radius 1 is 1.18 bits per heavy atom. The third-order valence-corrected chi connectivity index (χ3v) is 7.94. The van der Waals surface area contributed by atoms with Gasteiger partial charge < -0.3 is 19.9 Å². The topological polar surface area (TPSA) is 65.1 Å². The van der Waals surface area contributed by atoms with Crippen molar-refractivity contribution in [2.24, 2.45) is 0 Å². The summed E-state index contributed by atoms with van der Waals surface area (Å²) in [4.78, 5) is 32.2. The maximum Gasteiger partial charge on any atom is 0.341 e. The van der Waals surface area contributed by atoms with Crippen molar-refractivity contribution < 1.29 is 14.3 Å². The number of anilines is 1. The fraction of sp³-hybridized carbons (Fsp3) is 0.458. The van der Waals surface area contributed by atoms with Crippen molar-refractivity contribution in [2.75, 3.05) is 51.7 Å². The molecular weight excluding hydrogens is 492 g/mol. The van der Waals surface area contributed by atoms with Crippen LogP contribution in [0.2, 0.25) is 5.02 Å². The van der Waals surface area contributed by atoms with Gasteiger partial charge in [0.15, 0.2) is 5.11 Å². The van der Waals surface area contributed by atoms with Gasteiger partial charge in [-0.3, -0.25) is 9.69 Å². The molecule has 184 valence electrons. The Hall–Kier alpha value is -2.20. The van der Waals surface area contributed by atoms with Gasteiger partial charge in [-0.25, -0.2) is 4.79 Å². The van der Waals surface area contributed by atoms with Crippen molar-refractivity contribution in [2.45, 2.75) is 27.3 Å². The van der Waals surface area contributed by atoms with Crippen LogP contribution in [0.4, 0.5) is 5.00 Å². The van der Waals surface area contributed by atoms with Crippen LogP contribution in [-0.2, 0) is 11.3 Å². The molecule has 1 amide bonds. The van der Waals surface area contributed by atoms with Crippen LogP contribution in [-0.4, -0.2) is 78.1 Å². The molecule has 0 atom stereocenters. The average Bonchev–Trinajstić information content (AvgIpc) is 3.16. The Kier molecular flexibility index (Phi) is 9.30. The van der Waals surface area contributed by atoms with E-state index in [1.165, 1.54) is 18.4 Å². The number of carbonyl (C=O) groups is 2. The molecule has 0 spiro atoms. The van der Waals surface area contributed by atoms with E-state index in [-0.39, 0.29) is 5.91 Å². The average molecular weight is 523 g/mol. The van der Waals surface area contributed by atoms with Crippen LogP contribution in [0.15, 0.2) is 24.3 Å². The van der Waals surface area contributed by atoms with Gasteiger partial charge in [-0.2, -0.15) is 0 Å². The number of carbonyl (C=O) groups excluding carboxylic acids is 2. The van der Waals surface area contributed by atoms with Crippen LogP contribution in [0, 0.1) is 6.92 Å². The lowest BCUT2D eigenvalue weighted by Gasteiger charge is -2.36. The number of rotatable bonds is 7. The van der Waals surface area contributed by atoms with Crippen LogP contribution in [0.5, 0.6) is 0 Å². The fourth-order valence-electron chi connectivity index (χ4n) is 3.96. The Morgan fingerprint density at radius 3 is 2.41 bits per heavy atom. The number of halogens is 1. The zero-order valence-corrected chi connectivity index (χ0v) is 22.4. The van der Waals surface area contributed by atoms with E-state index in [1.54, 1.807) is 11.8 Å². The maximum absolute atomic E-state index is 13.0. The quantitative estimate of drug-likeness (QED) is 0.424. The van der Waals surface area contributed by atoms with E-state index in [0.29, 0.717) is 39.2 Å². The van der Waals surface area contributed by atoms with Gasteiger partial charge in [-0.1, -0.05) is 29.8 Å². The lowest BCUT2D eigenvalue weighted by molar-refractivity contribution is 0.0601. The summed E-state index contributed by atoms with van der Waals surface area (Å²) in [6.45, 7) is 10.8. The standard InChI is InChI=1S/C24H31ClN4O3S2/c1-5-28(6-2)22(30)20-16(3)19(23(31)32-4)21(34-20)26-24(33)29-13-11-27(12-14-29)15-17-9-7-8-10-18(17)25/h7-10H,5-6,11-15H2,1-4H3,(H,26,33). The number of thiocarbonyl (C=S) groups is 1. The molecule has 1 saturated heterocycles. The number of nitrogens with one attached hydrogen (secondary N) is 1. The van der Waals surface area contributed by atoms with Gasteiger partial charge in [0, 0.05) is 50.8 Å². The van der Waals surface area contributed by atoms with Crippen molar-refractivity contribution in [3.8, 4) is 0 Å². The highest BCUT2D eigenvalue weighted by Crippen LogP contribution is 2.35. The lowest BCUT2D eigenvalue weighted by Crippen LogP contribution is -2.49. The summed E-state index contributed by atoms with van der Waals surface area (Å²) in [6, 6.07) is 7.89. The predicted molar refractivity (Wildman–Crippen MR) is 142 cm³/mol. The molecule has 0 saturated carbocycles. The van der Waals surface area contributed by atoms with E-state index in [4.69, 9.17) is 28.6 Å². The van der Waals surface area contributed by atoms with Crippen molar-refractivity contribution in [3.05, 3.63) is 50.9 Å². The predicted octanol–water partition coefficient (Wildman–Crippen LogP) is 4.49. The van der Waals surface area contributed by atoms with Crippen molar-refractivity contribution in [1.82, 2.24) is 14.7 Å². The highest BCUT2D eigenvalue weighted by atomic mass is 35.5. The Balaban J connectivity index is 1.70. The van der Waals surface area contributed by atoms with Crippen LogP contribution in [0.1, 0.15) is 45.0 Å². The van der Waals surface area contributed by atoms with E-state index in [9.17, 15) is 9.59 Å². The van der Waals surface area contributed by atoms with Crippen LogP contribution in [0.3, 0.4) is 0 Å². The number of hydrogen-bond donors (Lipinski definition) is 1. The van der Waals surface area contributed by atoms with Crippen LogP contribution >= 0.6 is 35.2 Å². The molecule has 0 unspecified atom stereocenters. The minimum absolute atomic E-state index is 0.0928. The first-order chi connectivity index (χ1) is 16.3. The van der Waals surface area contributed by atoms with Crippen LogP contribution < -0.4 is 5.32 Å². The molecule has 1 aliphatic heterocycles. The number of hydrogen-bond acceptors (Lipinski definition) is 6. The summed E-state index contributed by atoms with van der Waals surface area (Å²) < 4.78 is 5.00. The van der Waals surface area contributed by atoms with Crippen molar-refractivity contribution >= 4 is 57.1 Å². The first-order valence-corrected chi connectivity index (χ1v) is 12.9. The zero-order valence-electron chi connectivity index (χ0n) is 20.0. The maximum atomic E-state index is 13.0. The molecule has 1 aliphatic rings. The first kappa shape index (κ1) is 26.4. The van der Waals surface area contributed by atoms with E-state index >= 15 is 0 Å². The van der Waals surface area contributed by atoms with Gasteiger partial charge in [0.25, 0.3) is 5.91 Å². The highest BCUT2D eigenvalue weighted by Gasteiger charge is 2.28. The van der Waals surface area contributed by atoms with Gasteiger partial charge in [0.2, 0.25) is 0 Å². The third kappa shape index (κ3) is 5.89. The van der Waals surface area contributed by atoms with E-state index in [2.05, 4.69) is 15.1 Å². The Labute approximate surface area is 215 Å². The Morgan fingerprint density at radius 2 is 1.82 bits per heavy atom. The van der Waals surface area contributed by atoms with Crippen molar-refractivity contribution in [3.63, 3.8) is 0 Å². The minimum atomic E-state index is -0.484. The molecule has 1 aromatic carbocycles. The van der Waals surface area contributed by atoms with E-state index in [0.717, 1.165) is 43.3 Å². The lowest BCUT2D eigenvalue weighted by atomic mass is 10.1. The third-order valence-electron chi connectivity index (χ3n) is 6.01. The normalized spacial score (nSPS) is 14.1. The Bertz CT molecular complexity index is 1050. The van der Waals surface area contributed by atoms with E-state index in [1.807, 2.05) is 38.1 Å².